The number of nitrogens with zero attached hydrogens (tertiary/aromatic N) is 1. The van der Waals surface area contributed by atoms with E-state index >= 15 is 0 Å². The van der Waals surface area contributed by atoms with Crippen LogP contribution in [0.3, 0.4) is 0 Å². The fourth-order valence-electron chi connectivity index (χ4n) is 2.77. The predicted molar refractivity (Wildman–Crippen MR) is 83.7 cm³/mol. The molecule has 0 aliphatic carbocycles. The van der Waals surface area contributed by atoms with Gasteiger partial charge >= 0.3 is 0 Å². The molecule has 1 aromatic rings. The predicted octanol–water partition coefficient (Wildman–Crippen LogP) is 3.03. The van der Waals surface area contributed by atoms with Crippen LogP contribution in [-0.4, -0.2) is 33.9 Å². The minimum Gasteiger partial charge on any atom is -0.384 e. The Morgan fingerprint density at radius 3 is 2.74 bits per heavy atom. The SMILES string of the molecule is CNCc1cc(Br)ccc1N1CCC(COC)CC1. The summed E-state index contributed by atoms with van der Waals surface area (Å²) in [5.41, 5.74) is 2.73. The zero-order valence-corrected chi connectivity index (χ0v) is 13.4. The molecule has 0 aromatic heterocycles. The van der Waals surface area contributed by atoms with Crippen LogP contribution in [0, 0.1) is 5.92 Å². The molecule has 0 spiro atoms. The lowest BCUT2D eigenvalue weighted by molar-refractivity contribution is 0.139. The van der Waals surface area contributed by atoms with Gasteiger partial charge in [-0.2, -0.15) is 0 Å². The molecule has 2 rings (SSSR count). The summed E-state index contributed by atoms with van der Waals surface area (Å²) < 4.78 is 6.41. The van der Waals surface area contributed by atoms with Crippen molar-refractivity contribution in [3.05, 3.63) is 28.2 Å². The van der Waals surface area contributed by atoms with E-state index in [1.54, 1.807) is 7.11 Å². The van der Waals surface area contributed by atoms with Crippen molar-refractivity contribution in [2.45, 2.75) is 19.4 Å². The summed E-state index contributed by atoms with van der Waals surface area (Å²) in [7, 11) is 3.79. The van der Waals surface area contributed by atoms with Gasteiger partial charge in [-0.1, -0.05) is 15.9 Å². The molecule has 1 aromatic carbocycles. The van der Waals surface area contributed by atoms with Crippen LogP contribution in [0.15, 0.2) is 22.7 Å². The molecule has 3 nitrogen and oxygen atoms in total. The molecular formula is C15H23BrN2O. The molecule has 1 heterocycles. The lowest BCUT2D eigenvalue weighted by Crippen LogP contribution is -2.35. The molecule has 1 N–H and O–H groups in total. The van der Waals surface area contributed by atoms with Crippen LogP contribution in [0.1, 0.15) is 18.4 Å². The zero-order valence-electron chi connectivity index (χ0n) is 11.8. The third kappa shape index (κ3) is 3.94. The summed E-state index contributed by atoms with van der Waals surface area (Å²) in [6, 6.07) is 6.58. The maximum atomic E-state index is 5.27. The highest BCUT2D eigenvalue weighted by Gasteiger charge is 2.20. The number of methoxy groups -OCH3 is 1. The minimum absolute atomic E-state index is 0.726. The van der Waals surface area contributed by atoms with Crippen molar-refractivity contribution < 1.29 is 4.74 Å². The van der Waals surface area contributed by atoms with Crippen molar-refractivity contribution in [3.63, 3.8) is 0 Å². The quantitative estimate of drug-likeness (QED) is 0.900. The van der Waals surface area contributed by atoms with Gasteiger partial charge in [0.15, 0.2) is 0 Å². The molecule has 0 amide bonds. The largest absolute Gasteiger partial charge is 0.384 e. The second-order valence-corrected chi connectivity index (χ2v) is 6.10. The summed E-state index contributed by atoms with van der Waals surface area (Å²) in [6.45, 7) is 4.07. The molecule has 106 valence electrons. The highest BCUT2D eigenvalue weighted by molar-refractivity contribution is 9.10. The number of nitrogens with one attached hydrogen (secondary N) is 1. The topological polar surface area (TPSA) is 24.5 Å². The van der Waals surface area contributed by atoms with Crippen molar-refractivity contribution >= 4 is 21.6 Å². The van der Waals surface area contributed by atoms with Crippen molar-refractivity contribution in [3.8, 4) is 0 Å². The second-order valence-electron chi connectivity index (χ2n) is 5.19. The van der Waals surface area contributed by atoms with Crippen LogP contribution in [-0.2, 0) is 11.3 Å². The Kier molecular flexibility index (Phi) is 5.67. The monoisotopic (exact) mass is 326 g/mol. The van der Waals surface area contributed by atoms with Gasteiger partial charge in [-0.3, -0.25) is 0 Å². The number of piperidine rings is 1. The second kappa shape index (κ2) is 7.27. The average molecular weight is 327 g/mol. The summed E-state index contributed by atoms with van der Waals surface area (Å²) in [5.74, 6) is 0.726. The number of hydrogen-bond acceptors (Lipinski definition) is 3. The maximum absolute atomic E-state index is 5.27. The van der Waals surface area contributed by atoms with Crippen LogP contribution in [0.5, 0.6) is 0 Å². The molecule has 0 bridgehead atoms. The minimum atomic E-state index is 0.726. The third-order valence-electron chi connectivity index (χ3n) is 3.77. The fourth-order valence-corrected chi connectivity index (χ4v) is 3.18. The molecule has 4 heteroatoms. The lowest BCUT2D eigenvalue weighted by atomic mass is 9.97. The van der Waals surface area contributed by atoms with E-state index in [2.05, 4.69) is 44.3 Å². The molecule has 0 unspecified atom stereocenters. The van der Waals surface area contributed by atoms with Crippen LogP contribution in [0.2, 0.25) is 0 Å². The fraction of sp³-hybridized carbons (Fsp3) is 0.600. The smallest absolute Gasteiger partial charge is 0.0491 e. The van der Waals surface area contributed by atoms with Gasteiger partial charge in [-0.25, -0.2) is 0 Å². The van der Waals surface area contributed by atoms with Crippen molar-refractivity contribution in [1.82, 2.24) is 5.32 Å². The molecular weight excluding hydrogens is 304 g/mol. The van der Waals surface area contributed by atoms with E-state index in [-0.39, 0.29) is 0 Å². The Balaban J connectivity index is 2.06. The first-order valence-corrected chi connectivity index (χ1v) is 7.70. The van der Waals surface area contributed by atoms with Crippen molar-refractivity contribution in [2.75, 3.05) is 38.8 Å². The van der Waals surface area contributed by atoms with Gasteiger partial charge in [0.05, 0.1) is 0 Å². The van der Waals surface area contributed by atoms with E-state index in [0.29, 0.717) is 0 Å². The normalized spacial score (nSPS) is 16.9. The first-order valence-electron chi connectivity index (χ1n) is 6.91. The first kappa shape index (κ1) is 14.8. The molecule has 19 heavy (non-hydrogen) atoms. The van der Waals surface area contributed by atoms with E-state index in [4.69, 9.17) is 4.74 Å². The molecule has 1 saturated heterocycles. The highest BCUT2D eigenvalue weighted by atomic mass is 79.9. The lowest BCUT2D eigenvalue weighted by Gasteiger charge is -2.34. The molecule has 1 fully saturated rings. The molecule has 0 radical (unpaired) electrons. The zero-order chi connectivity index (χ0) is 13.7. The van der Waals surface area contributed by atoms with Crippen molar-refractivity contribution in [1.29, 1.82) is 0 Å². The number of hydrogen-bond donors (Lipinski definition) is 1. The third-order valence-corrected chi connectivity index (χ3v) is 4.26. The van der Waals surface area contributed by atoms with E-state index < -0.39 is 0 Å². The van der Waals surface area contributed by atoms with E-state index in [1.165, 1.54) is 24.1 Å². The van der Waals surface area contributed by atoms with Gasteiger partial charge in [-0.15, -0.1) is 0 Å². The Labute approximate surface area is 124 Å². The number of benzene rings is 1. The van der Waals surface area contributed by atoms with Gasteiger partial charge in [0.1, 0.15) is 0 Å². The Hall–Kier alpha value is -0.580. The summed E-state index contributed by atoms with van der Waals surface area (Å²) >= 11 is 3.56. The van der Waals surface area contributed by atoms with Crippen LogP contribution in [0.4, 0.5) is 5.69 Å². The highest BCUT2D eigenvalue weighted by Crippen LogP contribution is 2.28. The van der Waals surface area contributed by atoms with Crippen LogP contribution in [0.25, 0.3) is 0 Å². The number of halogens is 1. The van der Waals surface area contributed by atoms with Gasteiger partial charge in [-0.05, 0) is 49.6 Å². The van der Waals surface area contributed by atoms with Gasteiger partial charge in [0, 0.05) is 43.5 Å². The van der Waals surface area contributed by atoms with E-state index in [9.17, 15) is 0 Å². The number of ether oxygens (including phenoxy) is 1. The maximum Gasteiger partial charge on any atom is 0.0491 e. The summed E-state index contributed by atoms with van der Waals surface area (Å²) in [4.78, 5) is 2.51. The molecule has 1 aliphatic rings. The standard InChI is InChI=1S/C15H23BrN2O/c1-17-10-13-9-14(16)3-4-15(13)18-7-5-12(6-8-18)11-19-2/h3-4,9,12,17H,5-8,10-11H2,1-2H3. The number of anilines is 1. The van der Waals surface area contributed by atoms with E-state index in [1.807, 2.05) is 7.05 Å². The van der Waals surface area contributed by atoms with Gasteiger partial charge < -0.3 is 15.0 Å². The molecule has 0 saturated carbocycles. The van der Waals surface area contributed by atoms with Gasteiger partial charge in [0.25, 0.3) is 0 Å². The van der Waals surface area contributed by atoms with Crippen molar-refractivity contribution in [2.24, 2.45) is 5.92 Å². The average Bonchev–Trinajstić information content (AvgIpc) is 2.41. The van der Waals surface area contributed by atoms with Crippen LogP contribution < -0.4 is 10.2 Å². The van der Waals surface area contributed by atoms with Gasteiger partial charge in [0.2, 0.25) is 0 Å². The Morgan fingerprint density at radius 2 is 2.11 bits per heavy atom. The Morgan fingerprint density at radius 1 is 1.37 bits per heavy atom. The number of rotatable bonds is 5. The van der Waals surface area contributed by atoms with Crippen LogP contribution >= 0.6 is 15.9 Å². The summed E-state index contributed by atoms with van der Waals surface area (Å²) in [5, 5.41) is 3.25. The molecule has 0 atom stereocenters. The first-order chi connectivity index (χ1) is 9.24. The Bertz CT molecular complexity index is 403. The van der Waals surface area contributed by atoms with E-state index in [0.717, 1.165) is 36.6 Å². The molecule has 1 aliphatic heterocycles. The summed E-state index contributed by atoms with van der Waals surface area (Å²) in [6.07, 6.45) is 2.45.